The van der Waals surface area contributed by atoms with Crippen LogP contribution in [0.25, 0.3) is 22.0 Å². The van der Waals surface area contributed by atoms with E-state index in [4.69, 9.17) is 4.74 Å². The molecule has 30 heavy (non-hydrogen) atoms. The van der Waals surface area contributed by atoms with E-state index in [9.17, 15) is 9.59 Å². The average molecular weight is 395 g/mol. The summed E-state index contributed by atoms with van der Waals surface area (Å²) in [5.41, 5.74) is 5.53. The van der Waals surface area contributed by atoms with Crippen molar-refractivity contribution in [2.45, 2.75) is 13.8 Å². The van der Waals surface area contributed by atoms with E-state index >= 15 is 0 Å². The van der Waals surface area contributed by atoms with Gasteiger partial charge < -0.3 is 4.74 Å². The van der Waals surface area contributed by atoms with Crippen LogP contribution in [0.4, 0.5) is 0 Å². The number of aryl methyl sites for hydroxylation is 2. The van der Waals surface area contributed by atoms with Gasteiger partial charge in [0.05, 0.1) is 11.1 Å². The summed E-state index contributed by atoms with van der Waals surface area (Å²) in [5, 5.41) is 0.727. The van der Waals surface area contributed by atoms with Crippen molar-refractivity contribution in [3.05, 3.63) is 101 Å². The van der Waals surface area contributed by atoms with Crippen LogP contribution in [0.3, 0.4) is 0 Å². The van der Waals surface area contributed by atoms with Gasteiger partial charge in [-0.15, -0.1) is 0 Å². The highest BCUT2D eigenvalue weighted by Gasteiger charge is 2.16. The monoisotopic (exact) mass is 395 g/mol. The molecule has 0 unspecified atom stereocenters. The maximum atomic E-state index is 12.7. The zero-order chi connectivity index (χ0) is 21.1. The summed E-state index contributed by atoms with van der Waals surface area (Å²) < 4.78 is 5.35. The molecular weight excluding hydrogens is 374 g/mol. The van der Waals surface area contributed by atoms with Crippen molar-refractivity contribution in [2.75, 3.05) is 6.61 Å². The van der Waals surface area contributed by atoms with Crippen molar-refractivity contribution in [1.29, 1.82) is 0 Å². The molecule has 0 aliphatic rings. The van der Waals surface area contributed by atoms with Crippen molar-refractivity contribution in [2.24, 2.45) is 0 Å². The third-order valence-electron chi connectivity index (χ3n) is 5.04. The first-order valence-corrected chi connectivity index (χ1v) is 9.76. The average Bonchev–Trinajstić information content (AvgIpc) is 2.78. The maximum absolute atomic E-state index is 12.7. The van der Waals surface area contributed by atoms with E-state index in [1.165, 1.54) is 0 Å². The lowest BCUT2D eigenvalue weighted by atomic mass is 10.0. The lowest BCUT2D eigenvalue weighted by Crippen LogP contribution is -2.15. The number of hydrogen-bond donors (Lipinski definition) is 0. The number of para-hydroxylation sites is 1. The second-order valence-corrected chi connectivity index (χ2v) is 7.22. The first-order chi connectivity index (χ1) is 14.5. The Morgan fingerprint density at radius 2 is 1.53 bits per heavy atom. The summed E-state index contributed by atoms with van der Waals surface area (Å²) >= 11 is 0. The molecule has 1 aromatic heterocycles. The molecule has 4 heteroatoms. The normalized spacial score (nSPS) is 10.7. The van der Waals surface area contributed by atoms with E-state index in [0.29, 0.717) is 11.1 Å². The number of benzene rings is 3. The minimum atomic E-state index is -0.523. The van der Waals surface area contributed by atoms with Crippen LogP contribution in [0.5, 0.6) is 0 Å². The van der Waals surface area contributed by atoms with E-state index in [-0.39, 0.29) is 12.4 Å². The molecule has 1 heterocycles. The molecule has 0 saturated carbocycles. The molecule has 0 N–H and O–H groups in total. The van der Waals surface area contributed by atoms with Crippen LogP contribution in [-0.2, 0) is 4.74 Å². The molecule has 0 amide bonds. The third-order valence-corrected chi connectivity index (χ3v) is 5.04. The quantitative estimate of drug-likeness (QED) is 0.328. The molecule has 0 saturated heterocycles. The van der Waals surface area contributed by atoms with Crippen molar-refractivity contribution in [3.8, 4) is 11.1 Å². The van der Waals surface area contributed by atoms with Crippen LogP contribution in [0.1, 0.15) is 32.0 Å². The number of hydrogen-bond acceptors (Lipinski definition) is 4. The summed E-state index contributed by atoms with van der Waals surface area (Å²) in [7, 11) is 0. The van der Waals surface area contributed by atoms with E-state index in [0.717, 1.165) is 33.3 Å². The number of Topliss-reactive ketones (excluding diaryl/α,β-unsaturated/α-hetero) is 1. The second kappa shape index (κ2) is 8.29. The summed E-state index contributed by atoms with van der Waals surface area (Å²) in [4.78, 5) is 29.7. The number of carbonyl (C=O) groups is 2. The molecule has 148 valence electrons. The predicted molar refractivity (Wildman–Crippen MR) is 118 cm³/mol. The number of ether oxygens (including phenoxy) is 1. The Hall–Kier alpha value is -3.79. The van der Waals surface area contributed by atoms with E-state index < -0.39 is 5.97 Å². The van der Waals surface area contributed by atoms with Gasteiger partial charge in [-0.2, -0.15) is 0 Å². The Morgan fingerprint density at radius 1 is 0.833 bits per heavy atom. The minimum Gasteiger partial charge on any atom is -0.454 e. The Balaban J connectivity index is 1.49. The molecule has 4 rings (SSSR count). The van der Waals surface area contributed by atoms with Gasteiger partial charge in [0.15, 0.2) is 12.4 Å². The van der Waals surface area contributed by atoms with Crippen molar-refractivity contribution >= 4 is 22.7 Å². The highest BCUT2D eigenvalue weighted by atomic mass is 16.5. The molecule has 0 atom stereocenters. The molecule has 0 radical (unpaired) electrons. The zero-order valence-corrected chi connectivity index (χ0v) is 16.9. The van der Waals surface area contributed by atoms with Crippen LogP contribution in [-0.4, -0.2) is 23.3 Å². The van der Waals surface area contributed by atoms with Gasteiger partial charge in [0.2, 0.25) is 0 Å². The summed E-state index contributed by atoms with van der Waals surface area (Å²) in [6.07, 6.45) is 0. The maximum Gasteiger partial charge on any atom is 0.339 e. The van der Waals surface area contributed by atoms with Crippen LogP contribution >= 0.6 is 0 Å². The number of esters is 1. The third kappa shape index (κ3) is 3.98. The van der Waals surface area contributed by atoms with Gasteiger partial charge in [0.1, 0.15) is 0 Å². The van der Waals surface area contributed by atoms with E-state index in [1.807, 2.05) is 74.5 Å². The first kappa shape index (κ1) is 19.5. The van der Waals surface area contributed by atoms with Gasteiger partial charge in [0.25, 0.3) is 0 Å². The highest BCUT2D eigenvalue weighted by Crippen LogP contribution is 2.23. The van der Waals surface area contributed by atoms with Crippen LogP contribution in [0.2, 0.25) is 0 Å². The van der Waals surface area contributed by atoms with Crippen molar-refractivity contribution in [3.63, 3.8) is 0 Å². The molecule has 3 aromatic carbocycles. The SMILES string of the molecule is Cc1cc(C(=O)OCC(=O)c2ccc(-c3ccccc3)cc2)c2cccc(C)c2n1. The molecule has 0 aliphatic carbocycles. The zero-order valence-electron chi connectivity index (χ0n) is 16.9. The van der Waals surface area contributed by atoms with Gasteiger partial charge in [-0.25, -0.2) is 4.79 Å². The predicted octanol–water partition coefficient (Wildman–Crippen LogP) is 5.56. The minimum absolute atomic E-state index is 0.241. The largest absolute Gasteiger partial charge is 0.454 e. The van der Waals surface area contributed by atoms with Gasteiger partial charge in [-0.3, -0.25) is 9.78 Å². The first-order valence-electron chi connectivity index (χ1n) is 9.76. The van der Waals surface area contributed by atoms with E-state index in [2.05, 4.69) is 4.98 Å². The summed E-state index contributed by atoms with van der Waals surface area (Å²) in [5.74, 6) is -0.764. The van der Waals surface area contributed by atoms with Gasteiger partial charge in [-0.1, -0.05) is 72.8 Å². The van der Waals surface area contributed by atoms with E-state index in [1.54, 1.807) is 18.2 Å². The summed E-state index contributed by atoms with van der Waals surface area (Å²) in [6, 6.07) is 24.6. The second-order valence-electron chi connectivity index (χ2n) is 7.22. The van der Waals surface area contributed by atoms with Crippen LogP contribution in [0.15, 0.2) is 78.9 Å². The standard InChI is InChI=1S/C26H21NO3/c1-17-7-6-10-22-23(15-18(2)27-25(17)22)26(29)30-16-24(28)21-13-11-20(12-14-21)19-8-4-3-5-9-19/h3-15H,16H2,1-2H3. The fraction of sp³-hybridized carbons (Fsp3) is 0.115. The van der Waals surface area contributed by atoms with Gasteiger partial charge in [-0.05, 0) is 36.6 Å². The van der Waals surface area contributed by atoms with Crippen molar-refractivity contribution < 1.29 is 14.3 Å². The lowest BCUT2D eigenvalue weighted by Gasteiger charge is -2.10. The number of ketones is 1. The number of rotatable bonds is 5. The number of carbonyl (C=O) groups excluding carboxylic acids is 2. The highest BCUT2D eigenvalue weighted by molar-refractivity contribution is 6.05. The van der Waals surface area contributed by atoms with Gasteiger partial charge in [0, 0.05) is 16.6 Å². The molecule has 4 aromatic rings. The number of fused-ring (bicyclic) bond motifs is 1. The number of pyridine rings is 1. The number of nitrogens with zero attached hydrogens (tertiary/aromatic N) is 1. The number of aromatic nitrogens is 1. The van der Waals surface area contributed by atoms with Crippen LogP contribution in [0, 0.1) is 13.8 Å². The molecule has 0 fully saturated rings. The lowest BCUT2D eigenvalue weighted by molar-refractivity contribution is 0.0476. The van der Waals surface area contributed by atoms with Gasteiger partial charge >= 0.3 is 5.97 Å². The Bertz CT molecular complexity index is 1230. The fourth-order valence-electron chi connectivity index (χ4n) is 3.46. The molecule has 4 nitrogen and oxygen atoms in total. The molecule has 0 aliphatic heterocycles. The molecular formula is C26H21NO3. The smallest absolute Gasteiger partial charge is 0.339 e. The van der Waals surface area contributed by atoms with Crippen LogP contribution < -0.4 is 0 Å². The fourth-order valence-corrected chi connectivity index (χ4v) is 3.46. The Kier molecular flexibility index (Phi) is 5.40. The Labute approximate surface area is 175 Å². The Morgan fingerprint density at radius 3 is 2.27 bits per heavy atom. The molecule has 0 bridgehead atoms. The molecule has 0 spiro atoms. The van der Waals surface area contributed by atoms with Crippen molar-refractivity contribution in [1.82, 2.24) is 4.98 Å². The summed E-state index contributed by atoms with van der Waals surface area (Å²) in [6.45, 7) is 3.48. The topological polar surface area (TPSA) is 56.3 Å².